The highest BCUT2D eigenvalue weighted by atomic mass is 16.4. The molecule has 0 aliphatic heterocycles. The summed E-state index contributed by atoms with van der Waals surface area (Å²) in [5.74, 6) is -0.783. The normalized spacial score (nSPS) is 13.4. The van der Waals surface area contributed by atoms with E-state index in [0.29, 0.717) is 6.42 Å². The van der Waals surface area contributed by atoms with Gasteiger partial charge >= 0.3 is 0 Å². The van der Waals surface area contributed by atoms with Crippen LogP contribution in [0.1, 0.15) is 117 Å². The van der Waals surface area contributed by atoms with Gasteiger partial charge in [-0.1, -0.05) is 83.5 Å². The summed E-state index contributed by atoms with van der Waals surface area (Å²) in [6, 6.07) is 0. The molecule has 0 fully saturated rings. The molecule has 0 rings (SSSR count). The van der Waals surface area contributed by atoms with Crippen LogP contribution in [-0.4, -0.2) is 51.5 Å². The maximum atomic E-state index is 11.6. The van der Waals surface area contributed by atoms with Crippen molar-refractivity contribution in [1.82, 2.24) is 0 Å². The van der Waals surface area contributed by atoms with E-state index in [1.807, 2.05) is 0 Å². The van der Waals surface area contributed by atoms with E-state index in [4.69, 9.17) is 5.11 Å². The molecule has 2 unspecified atom stereocenters. The molecule has 2 atom stereocenters. The standard InChI is InChI=1S/C25H46O6/c1-20(27)22(21(2)28)17-15-13-11-9-7-5-3-4-6-8-10-12-14-16-18-23(29)25(31)24(30)19-26/h22,24-26,30-31H,3-19H2,1-2H3. The number of aliphatic hydroxyl groups excluding tert-OH is 3. The molecule has 6 nitrogen and oxygen atoms in total. The third kappa shape index (κ3) is 16.2. The van der Waals surface area contributed by atoms with Crippen molar-refractivity contribution in [1.29, 1.82) is 0 Å². The molecule has 0 aromatic rings. The van der Waals surface area contributed by atoms with Crippen molar-refractivity contribution in [2.24, 2.45) is 5.92 Å². The Morgan fingerprint density at radius 2 is 0.968 bits per heavy atom. The van der Waals surface area contributed by atoms with Gasteiger partial charge in [0.2, 0.25) is 0 Å². The fraction of sp³-hybridized carbons (Fsp3) is 0.880. The van der Waals surface area contributed by atoms with Gasteiger partial charge in [-0.25, -0.2) is 0 Å². The van der Waals surface area contributed by atoms with Crippen LogP contribution in [0.4, 0.5) is 0 Å². The quantitative estimate of drug-likeness (QED) is 0.170. The first-order valence-electron chi connectivity index (χ1n) is 12.3. The lowest BCUT2D eigenvalue weighted by atomic mass is 9.93. The van der Waals surface area contributed by atoms with Crippen molar-refractivity contribution >= 4 is 17.3 Å². The van der Waals surface area contributed by atoms with Gasteiger partial charge in [-0.15, -0.1) is 0 Å². The van der Waals surface area contributed by atoms with Crippen molar-refractivity contribution in [3.05, 3.63) is 0 Å². The molecule has 182 valence electrons. The van der Waals surface area contributed by atoms with E-state index in [0.717, 1.165) is 38.5 Å². The maximum absolute atomic E-state index is 11.6. The van der Waals surface area contributed by atoms with Gasteiger partial charge in [-0.05, 0) is 26.7 Å². The van der Waals surface area contributed by atoms with Crippen LogP contribution in [0.25, 0.3) is 0 Å². The van der Waals surface area contributed by atoms with Crippen molar-refractivity contribution in [3.8, 4) is 0 Å². The number of hydrogen-bond acceptors (Lipinski definition) is 6. The molecule has 0 heterocycles. The van der Waals surface area contributed by atoms with E-state index in [1.54, 1.807) is 0 Å². The van der Waals surface area contributed by atoms with Crippen molar-refractivity contribution in [2.45, 2.75) is 129 Å². The van der Waals surface area contributed by atoms with Crippen LogP contribution < -0.4 is 0 Å². The number of unbranched alkanes of at least 4 members (excludes halogenated alkanes) is 13. The number of aliphatic hydroxyl groups is 3. The summed E-state index contributed by atoms with van der Waals surface area (Å²) in [6.45, 7) is 2.42. The summed E-state index contributed by atoms with van der Waals surface area (Å²) < 4.78 is 0. The first-order valence-corrected chi connectivity index (χ1v) is 12.3. The molecule has 31 heavy (non-hydrogen) atoms. The number of hydrogen-bond donors (Lipinski definition) is 3. The number of ketones is 3. The molecule has 0 aromatic carbocycles. The fourth-order valence-corrected chi connectivity index (χ4v) is 3.92. The molecule has 0 radical (unpaired) electrons. The van der Waals surface area contributed by atoms with E-state index in [-0.39, 0.29) is 23.9 Å². The smallest absolute Gasteiger partial charge is 0.164 e. The summed E-state index contributed by atoms with van der Waals surface area (Å²) in [6.07, 6.45) is 14.1. The predicted octanol–water partition coefficient (Wildman–Crippen LogP) is 4.31. The largest absolute Gasteiger partial charge is 0.394 e. The Bertz CT molecular complexity index is 476. The van der Waals surface area contributed by atoms with Gasteiger partial charge < -0.3 is 15.3 Å². The van der Waals surface area contributed by atoms with E-state index >= 15 is 0 Å². The molecule has 3 N–H and O–H groups in total. The lowest BCUT2D eigenvalue weighted by Crippen LogP contribution is -2.36. The second-order valence-corrected chi connectivity index (χ2v) is 8.92. The van der Waals surface area contributed by atoms with E-state index < -0.39 is 24.6 Å². The van der Waals surface area contributed by atoms with Gasteiger partial charge in [0, 0.05) is 6.42 Å². The summed E-state index contributed by atoms with van der Waals surface area (Å²) >= 11 is 0. The monoisotopic (exact) mass is 442 g/mol. The van der Waals surface area contributed by atoms with Gasteiger partial charge in [0.1, 0.15) is 23.8 Å². The number of carbonyl (C=O) groups excluding carboxylic acids is 3. The molecule has 0 aliphatic carbocycles. The lowest BCUT2D eigenvalue weighted by Gasteiger charge is -2.13. The van der Waals surface area contributed by atoms with Crippen LogP contribution in [0, 0.1) is 5.92 Å². The first-order chi connectivity index (χ1) is 14.8. The highest BCUT2D eigenvalue weighted by Crippen LogP contribution is 2.16. The zero-order valence-electron chi connectivity index (χ0n) is 19.8. The zero-order valence-corrected chi connectivity index (χ0v) is 19.8. The first kappa shape index (κ1) is 29.9. The Morgan fingerprint density at radius 3 is 1.32 bits per heavy atom. The van der Waals surface area contributed by atoms with Crippen molar-refractivity contribution < 1.29 is 29.7 Å². The molecular weight excluding hydrogens is 396 g/mol. The minimum absolute atomic E-state index is 0.00239. The third-order valence-electron chi connectivity index (χ3n) is 6.03. The minimum atomic E-state index is -1.46. The average molecular weight is 443 g/mol. The number of carbonyl (C=O) groups is 3. The molecule has 0 spiro atoms. The molecule has 0 aromatic heterocycles. The molecule has 6 heteroatoms. The lowest BCUT2D eigenvalue weighted by molar-refractivity contribution is -0.134. The molecule has 0 amide bonds. The highest BCUT2D eigenvalue weighted by molar-refractivity contribution is 6.00. The van der Waals surface area contributed by atoms with Crippen LogP contribution in [-0.2, 0) is 14.4 Å². The Labute approximate surface area is 188 Å². The van der Waals surface area contributed by atoms with Crippen LogP contribution in [0.5, 0.6) is 0 Å². The minimum Gasteiger partial charge on any atom is -0.394 e. The van der Waals surface area contributed by atoms with E-state index in [2.05, 4.69) is 0 Å². The van der Waals surface area contributed by atoms with E-state index in [9.17, 15) is 24.6 Å². The number of rotatable bonds is 22. The third-order valence-corrected chi connectivity index (χ3v) is 6.03. The molecule has 0 bridgehead atoms. The Kier molecular flexibility index (Phi) is 18.9. The molecule has 0 aliphatic rings. The van der Waals surface area contributed by atoms with Crippen LogP contribution >= 0.6 is 0 Å². The van der Waals surface area contributed by atoms with Gasteiger partial charge in [-0.3, -0.25) is 14.4 Å². The second-order valence-electron chi connectivity index (χ2n) is 8.92. The maximum Gasteiger partial charge on any atom is 0.164 e. The average Bonchev–Trinajstić information content (AvgIpc) is 2.73. The topological polar surface area (TPSA) is 112 Å². The molecular formula is C25H46O6. The Hall–Kier alpha value is -1.11. The van der Waals surface area contributed by atoms with Crippen LogP contribution in [0.2, 0.25) is 0 Å². The number of Topliss-reactive ketones (excluding diaryl/α,β-unsaturated/α-hetero) is 3. The van der Waals surface area contributed by atoms with Crippen LogP contribution in [0.15, 0.2) is 0 Å². The van der Waals surface area contributed by atoms with Gasteiger partial charge in [0.05, 0.1) is 12.5 Å². The zero-order chi connectivity index (χ0) is 23.5. The summed E-state index contributed by atoms with van der Waals surface area (Å²) in [5, 5.41) is 27.4. The SMILES string of the molecule is CC(=O)C(CCCCCCCCCCCCCCCCC(=O)C(O)C(O)CO)C(C)=O. The van der Waals surface area contributed by atoms with Crippen molar-refractivity contribution in [3.63, 3.8) is 0 Å². The second kappa shape index (κ2) is 19.6. The summed E-state index contributed by atoms with van der Waals surface area (Å²) in [4.78, 5) is 34.4. The molecule has 0 saturated heterocycles. The van der Waals surface area contributed by atoms with Gasteiger partial charge in [-0.2, -0.15) is 0 Å². The van der Waals surface area contributed by atoms with Gasteiger partial charge in [0.15, 0.2) is 5.78 Å². The van der Waals surface area contributed by atoms with E-state index in [1.165, 1.54) is 65.2 Å². The fourth-order valence-electron chi connectivity index (χ4n) is 3.92. The summed E-state index contributed by atoms with van der Waals surface area (Å²) in [7, 11) is 0. The predicted molar refractivity (Wildman–Crippen MR) is 123 cm³/mol. The van der Waals surface area contributed by atoms with Gasteiger partial charge in [0.25, 0.3) is 0 Å². The Morgan fingerprint density at radius 1 is 0.613 bits per heavy atom. The van der Waals surface area contributed by atoms with Crippen LogP contribution in [0.3, 0.4) is 0 Å². The highest BCUT2D eigenvalue weighted by Gasteiger charge is 2.22. The van der Waals surface area contributed by atoms with Crippen molar-refractivity contribution in [2.75, 3.05) is 6.61 Å². The Balaban J connectivity index is 3.36. The molecule has 0 saturated carbocycles. The summed E-state index contributed by atoms with van der Waals surface area (Å²) in [5.41, 5.74) is 0.